The zero-order chi connectivity index (χ0) is 38.4. The number of benzene rings is 8. The molecule has 8 aromatic carbocycles. The molecule has 0 amide bonds. The summed E-state index contributed by atoms with van der Waals surface area (Å²) < 4.78 is 2.43. The van der Waals surface area contributed by atoms with Gasteiger partial charge in [0, 0.05) is 50.1 Å². The molecule has 1 aliphatic rings. The molecular formula is C54H36N4. The highest BCUT2D eigenvalue weighted by molar-refractivity contribution is 6.13. The van der Waals surface area contributed by atoms with Crippen LogP contribution in [-0.2, 0) is 0 Å². The van der Waals surface area contributed by atoms with Crippen LogP contribution in [0.4, 0.5) is 17.1 Å². The summed E-state index contributed by atoms with van der Waals surface area (Å²) in [6.07, 6.45) is 0. The van der Waals surface area contributed by atoms with E-state index >= 15 is 0 Å². The van der Waals surface area contributed by atoms with Gasteiger partial charge in [-0.15, -0.1) is 0 Å². The Hall–Kier alpha value is -7.82. The van der Waals surface area contributed by atoms with Gasteiger partial charge in [-0.25, -0.2) is 9.97 Å². The molecule has 58 heavy (non-hydrogen) atoms. The quantitative estimate of drug-likeness (QED) is 0.170. The van der Waals surface area contributed by atoms with Crippen molar-refractivity contribution in [3.8, 4) is 73.1 Å². The van der Waals surface area contributed by atoms with Gasteiger partial charge in [0.25, 0.3) is 0 Å². The van der Waals surface area contributed by atoms with Gasteiger partial charge in [-0.1, -0.05) is 164 Å². The lowest BCUT2D eigenvalue weighted by molar-refractivity contribution is 1.13. The van der Waals surface area contributed by atoms with Gasteiger partial charge >= 0.3 is 0 Å². The van der Waals surface area contributed by atoms with Crippen molar-refractivity contribution in [2.24, 2.45) is 0 Å². The second-order valence-electron chi connectivity index (χ2n) is 14.6. The predicted octanol–water partition coefficient (Wildman–Crippen LogP) is 14.2. The van der Waals surface area contributed by atoms with Crippen LogP contribution in [0.1, 0.15) is 0 Å². The van der Waals surface area contributed by atoms with Crippen LogP contribution < -0.4 is 4.90 Å². The van der Waals surface area contributed by atoms with Gasteiger partial charge < -0.3 is 9.47 Å². The highest BCUT2D eigenvalue weighted by atomic mass is 15.2. The predicted molar refractivity (Wildman–Crippen MR) is 240 cm³/mol. The van der Waals surface area contributed by atoms with E-state index in [1.807, 2.05) is 24.3 Å². The molecule has 0 aliphatic carbocycles. The Labute approximate surface area is 337 Å². The lowest BCUT2D eigenvalue weighted by Gasteiger charge is -2.27. The van der Waals surface area contributed by atoms with Crippen molar-refractivity contribution in [3.05, 3.63) is 218 Å². The van der Waals surface area contributed by atoms with Gasteiger partial charge in [-0.3, -0.25) is 0 Å². The number of hydrogen-bond donors (Lipinski definition) is 0. The summed E-state index contributed by atoms with van der Waals surface area (Å²) in [5.74, 6) is 0.690. The van der Waals surface area contributed by atoms with E-state index in [-0.39, 0.29) is 0 Å². The minimum absolute atomic E-state index is 0.690. The zero-order valence-corrected chi connectivity index (χ0v) is 31.6. The molecule has 0 saturated heterocycles. The van der Waals surface area contributed by atoms with Crippen LogP contribution in [0.15, 0.2) is 218 Å². The van der Waals surface area contributed by atoms with Crippen molar-refractivity contribution in [2.75, 3.05) is 4.90 Å². The molecule has 0 bridgehead atoms. The molecule has 11 rings (SSSR count). The third-order valence-corrected chi connectivity index (χ3v) is 11.2. The van der Waals surface area contributed by atoms with Gasteiger partial charge in [-0.2, -0.15) is 0 Å². The average Bonchev–Trinajstić information content (AvgIpc) is 3.59. The Bertz CT molecular complexity index is 3080. The second-order valence-corrected chi connectivity index (χ2v) is 14.6. The van der Waals surface area contributed by atoms with Crippen LogP contribution in [0.2, 0.25) is 0 Å². The maximum Gasteiger partial charge on any atom is 0.160 e. The van der Waals surface area contributed by atoms with Gasteiger partial charge in [0.2, 0.25) is 0 Å². The summed E-state index contributed by atoms with van der Waals surface area (Å²) in [7, 11) is 0. The first-order chi connectivity index (χ1) is 28.8. The molecule has 1 aliphatic heterocycles. The van der Waals surface area contributed by atoms with E-state index in [9.17, 15) is 0 Å². The molecule has 0 radical (unpaired) electrons. The molecular weight excluding hydrogens is 705 g/mol. The first kappa shape index (κ1) is 33.5. The van der Waals surface area contributed by atoms with Crippen LogP contribution >= 0.6 is 0 Å². The normalized spacial score (nSPS) is 11.8. The SMILES string of the molecule is c1ccc(-c2ccc(-c3cc(-c4ccc5c(c4)-c4c(n(-c6ccccc6)c6ccccc46)-c4ccccc4N5c4ccccc4)nc(-c4ccccc4)n3)cc2)cc1. The Morgan fingerprint density at radius 3 is 1.59 bits per heavy atom. The number of aromatic nitrogens is 3. The monoisotopic (exact) mass is 740 g/mol. The van der Waals surface area contributed by atoms with Crippen molar-refractivity contribution < 1.29 is 0 Å². The number of fused-ring (bicyclic) bond motifs is 7. The van der Waals surface area contributed by atoms with Crippen LogP contribution in [0.5, 0.6) is 0 Å². The first-order valence-corrected chi connectivity index (χ1v) is 19.7. The molecule has 272 valence electrons. The van der Waals surface area contributed by atoms with E-state index in [1.165, 1.54) is 22.1 Å². The number of anilines is 3. The van der Waals surface area contributed by atoms with E-state index in [0.717, 1.165) is 73.2 Å². The number of para-hydroxylation sites is 4. The topological polar surface area (TPSA) is 34.0 Å². The molecule has 0 saturated carbocycles. The fraction of sp³-hybridized carbons (Fsp3) is 0. The molecule has 4 heteroatoms. The summed E-state index contributed by atoms with van der Waals surface area (Å²) in [4.78, 5) is 12.9. The van der Waals surface area contributed by atoms with E-state index in [2.05, 4.69) is 204 Å². The molecule has 0 fully saturated rings. The van der Waals surface area contributed by atoms with Crippen LogP contribution in [0.3, 0.4) is 0 Å². The molecule has 0 spiro atoms. The highest BCUT2D eigenvalue weighted by Crippen LogP contribution is 2.55. The molecule has 2 aromatic heterocycles. The highest BCUT2D eigenvalue weighted by Gasteiger charge is 2.31. The maximum atomic E-state index is 5.29. The maximum absolute atomic E-state index is 5.29. The lowest BCUT2D eigenvalue weighted by Crippen LogP contribution is -2.11. The second kappa shape index (κ2) is 14.0. The summed E-state index contributed by atoms with van der Waals surface area (Å²) in [6.45, 7) is 0. The summed E-state index contributed by atoms with van der Waals surface area (Å²) in [6, 6.07) is 77.5. The Morgan fingerprint density at radius 2 is 0.862 bits per heavy atom. The van der Waals surface area contributed by atoms with Crippen LogP contribution in [0, 0.1) is 0 Å². The molecule has 0 N–H and O–H groups in total. The molecule has 3 heterocycles. The largest absolute Gasteiger partial charge is 0.309 e. The first-order valence-electron chi connectivity index (χ1n) is 19.7. The fourth-order valence-corrected chi connectivity index (χ4v) is 8.48. The van der Waals surface area contributed by atoms with Crippen LogP contribution in [0.25, 0.3) is 84.0 Å². The number of rotatable bonds is 6. The Kier molecular flexibility index (Phi) is 8.11. The van der Waals surface area contributed by atoms with E-state index in [4.69, 9.17) is 9.97 Å². The van der Waals surface area contributed by atoms with E-state index < -0.39 is 0 Å². The molecule has 10 aromatic rings. The van der Waals surface area contributed by atoms with Crippen molar-refractivity contribution in [1.82, 2.24) is 14.5 Å². The summed E-state index contributed by atoms with van der Waals surface area (Å²) in [5, 5.41) is 1.19. The standard InChI is InChI=1S/C54H36N4/c1-5-17-37(18-6-1)38-29-31-39(32-30-38)47-36-48(56-54(55-47)40-19-7-2-8-20-40)41-33-34-51-46(35-41)52-44-25-13-15-27-49(44)58(43-23-11-4-12-24-43)53(52)45-26-14-16-28-50(45)57(51)42-21-9-3-10-22-42/h1-36H. The smallest absolute Gasteiger partial charge is 0.160 e. The summed E-state index contributed by atoms with van der Waals surface area (Å²) in [5.41, 5.74) is 17.4. The van der Waals surface area contributed by atoms with Crippen LogP contribution in [-0.4, -0.2) is 14.5 Å². The molecule has 0 atom stereocenters. The van der Waals surface area contributed by atoms with Crippen molar-refractivity contribution in [3.63, 3.8) is 0 Å². The molecule has 0 unspecified atom stereocenters. The van der Waals surface area contributed by atoms with Gasteiger partial charge in [0.05, 0.1) is 34.0 Å². The van der Waals surface area contributed by atoms with Crippen molar-refractivity contribution >= 4 is 28.0 Å². The van der Waals surface area contributed by atoms with Gasteiger partial charge in [0.1, 0.15) is 0 Å². The van der Waals surface area contributed by atoms with E-state index in [0.29, 0.717) is 5.82 Å². The summed E-state index contributed by atoms with van der Waals surface area (Å²) >= 11 is 0. The Morgan fingerprint density at radius 1 is 0.345 bits per heavy atom. The average molecular weight is 741 g/mol. The number of hydrogen-bond acceptors (Lipinski definition) is 3. The van der Waals surface area contributed by atoms with E-state index in [1.54, 1.807) is 0 Å². The van der Waals surface area contributed by atoms with Gasteiger partial charge in [-0.05, 0) is 65.7 Å². The van der Waals surface area contributed by atoms with Gasteiger partial charge in [0.15, 0.2) is 5.82 Å². The third kappa shape index (κ3) is 5.70. The zero-order valence-electron chi connectivity index (χ0n) is 31.6. The number of nitrogens with zero attached hydrogens (tertiary/aromatic N) is 4. The lowest BCUT2D eigenvalue weighted by atomic mass is 9.95. The fourth-order valence-electron chi connectivity index (χ4n) is 8.48. The van der Waals surface area contributed by atoms with Crippen molar-refractivity contribution in [1.29, 1.82) is 0 Å². The third-order valence-electron chi connectivity index (χ3n) is 11.2. The molecule has 4 nitrogen and oxygen atoms in total. The Balaban J connectivity index is 1.17. The minimum atomic E-state index is 0.690. The van der Waals surface area contributed by atoms with Crippen molar-refractivity contribution in [2.45, 2.75) is 0 Å². The minimum Gasteiger partial charge on any atom is -0.309 e.